The van der Waals surface area contributed by atoms with E-state index in [2.05, 4.69) is 4.90 Å². The van der Waals surface area contributed by atoms with Crippen molar-refractivity contribution in [2.24, 2.45) is 0 Å². The molecule has 1 aliphatic rings. The number of carbonyl (C=O) groups excluding carboxylic acids is 2. The highest BCUT2D eigenvalue weighted by atomic mass is 16.6. The number of benzene rings is 1. The molecule has 2 rings (SSSR count). The molecule has 0 unspecified atom stereocenters. The summed E-state index contributed by atoms with van der Waals surface area (Å²) in [5.74, 6) is -0.313. The molecule has 0 spiro atoms. The predicted octanol–water partition coefficient (Wildman–Crippen LogP) is 3.93. The molecule has 6 nitrogen and oxygen atoms in total. The van der Waals surface area contributed by atoms with E-state index in [0.717, 1.165) is 16.8 Å². The lowest BCUT2D eigenvalue weighted by molar-refractivity contribution is 0.000350. The standard InChI is InChI=1S/C21H32N2O4/c1-14-11-16(12-15(2)17(14)18(24)26-8)22-9-10-23(21(6,7)13-22)19(25)27-20(3,4)5/h11-12H,9-10,13H2,1-8H3. The third-order valence-corrected chi connectivity index (χ3v) is 4.79. The van der Waals surface area contributed by atoms with Gasteiger partial charge >= 0.3 is 12.1 Å². The lowest BCUT2D eigenvalue weighted by Gasteiger charge is -2.47. The normalized spacial score (nSPS) is 16.9. The summed E-state index contributed by atoms with van der Waals surface area (Å²) in [5.41, 5.74) is 2.57. The molecule has 0 saturated carbocycles. The number of esters is 1. The molecule has 27 heavy (non-hydrogen) atoms. The van der Waals surface area contributed by atoms with Gasteiger partial charge < -0.3 is 14.4 Å². The third kappa shape index (κ3) is 4.73. The van der Waals surface area contributed by atoms with Crippen molar-refractivity contribution in [2.45, 2.75) is 59.6 Å². The van der Waals surface area contributed by atoms with Crippen LogP contribution >= 0.6 is 0 Å². The number of hydrogen-bond donors (Lipinski definition) is 0. The highest BCUT2D eigenvalue weighted by Crippen LogP contribution is 2.30. The fraction of sp³-hybridized carbons (Fsp3) is 0.619. The van der Waals surface area contributed by atoms with Crippen molar-refractivity contribution < 1.29 is 19.1 Å². The Hall–Kier alpha value is -2.24. The number of carbonyl (C=O) groups is 2. The van der Waals surface area contributed by atoms with Gasteiger partial charge in [-0.2, -0.15) is 0 Å². The zero-order chi connectivity index (χ0) is 20.6. The molecule has 1 aromatic carbocycles. The number of aryl methyl sites for hydroxylation is 2. The zero-order valence-electron chi connectivity index (χ0n) is 17.8. The second-order valence-corrected chi connectivity index (χ2v) is 8.81. The van der Waals surface area contributed by atoms with E-state index in [-0.39, 0.29) is 17.6 Å². The van der Waals surface area contributed by atoms with Crippen molar-refractivity contribution in [3.63, 3.8) is 0 Å². The molecular weight excluding hydrogens is 344 g/mol. The first-order chi connectivity index (χ1) is 12.4. The van der Waals surface area contributed by atoms with E-state index in [4.69, 9.17) is 9.47 Å². The fourth-order valence-corrected chi connectivity index (χ4v) is 3.58. The van der Waals surface area contributed by atoms with Gasteiger partial charge in [-0.25, -0.2) is 9.59 Å². The average molecular weight is 376 g/mol. The maximum Gasteiger partial charge on any atom is 0.410 e. The van der Waals surface area contributed by atoms with Gasteiger partial charge in [0.15, 0.2) is 0 Å². The van der Waals surface area contributed by atoms with Crippen molar-refractivity contribution in [3.05, 3.63) is 28.8 Å². The molecule has 1 saturated heterocycles. The van der Waals surface area contributed by atoms with Crippen LogP contribution in [0.4, 0.5) is 10.5 Å². The molecule has 1 fully saturated rings. The molecule has 150 valence electrons. The van der Waals surface area contributed by atoms with Crippen LogP contribution in [0.3, 0.4) is 0 Å². The van der Waals surface area contributed by atoms with E-state index < -0.39 is 5.60 Å². The topological polar surface area (TPSA) is 59.1 Å². The number of anilines is 1. The highest BCUT2D eigenvalue weighted by molar-refractivity contribution is 5.93. The lowest BCUT2D eigenvalue weighted by atomic mass is 9.96. The number of piperazine rings is 1. The van der Waals surface area contributed by atoms with E-state index in [0.29, 0.717) is 25.2 Å². The van der Waals surface area contributed by atoms with Gasteiger partial charge in [0, 0.05) is 25.3 Å². The molecule has 0 aromatic heterocycles. The lowest BCUT2D eigenvalue weighted by Crippen LogP contribution is -2.61. The Bertz CT molecular complexity index is 711. The number of methoxy groups -OCH3 is 1. The molecule has 1 aliphatic heterocycles. The molecule has 0 bridgehead atoms. The first kappa shape index (κ1) is 21.1. The molecule has 6 heteroatoms. The Balaban J connectivity index is 2.22. The summed E-state index contributed by atoms with van der Waals surface area (Å²) in [6.45, 7) is 15.5. The van der Waals surface area contributed by atoms with E-state index in [9.17, 15) is 9.59 Å². The molecular formula is C21H32N2O4. The van der Waals surface area contributed by atoms with Crippen LogP contribution in [0.15, 0.2) is 12.1 Å². The summed E-state index contributed by atoms with van der Waals surface area (Å²) in [4.78, 5) is 28.6. The monoisotopic (exact) mass is 376 g/mol. The Labute approximate surface area is 162 Å². The first-order valence-corrected chi connectivity index (χ1v) is 9.31. The highest BCUT2D eigenvalue weighted by Gasteiger charge is 2.39. The van der Waals surface area contributed by atoms with Gasteiger partial charge in [0.25, 0.3) is 0 Å². The summed E-state index contributed by atoms with van der Waals surface area (Å²) < 4.78 is 10.4. The Kier molecular flexibility index (Phi) is 5.78. The minimum atomic E-state index is -0.512. The van der Waals surface area contributed by atoms with Crippen molar-refractivity contribution in [1.29, 1.82) is 0 Å². The number of amides is 1. The van der Waals surface area contributed by atoms with Crippen LogP contribution < -0.4 is 4.90 Å². The summed E-state index contributed by atoms with van der Waals surface area (Å²) in [6.07, 6.45) is -0.277. The SMILES string of the molecule is COC(=O)c1c(C)cc(N2CCN(C(=O)OC(C)(C)C)C(C)(C)C2)cc1C. The average Bonchev–Trinajstić information content (AvgIpc) is 2.50. The molecule has 0 atom stereocenters. The van der Waals surface area contributed by atoms with Gasteiger partial charge in [-0.05, 0) is 71.7 Å². The summed E-state index contributed by atoms with van der Waals surface area (Å²) in [6, 6.07) is 4.02. The zero-order valence-corrected chi connectivity index (χ0v) is 17.8. The summed E-state index contributed by atoms with van der Waals surface area (Å²) >= 11 is 0. The van der Waals surface area contributed by atoms with E-state index >= 15 is 0 Å². The van der Waals surface area contributed by atoms with Gasteiger partial charge in [0.1, 0.15) is 5.60 Å². The van der Waals surface area contributed by atoms with E-state index in [1.54, 1.807) is 4.90 Å². The number of ether oxygens (including phenoxy) is 2. The van der Waals surface area contributed by atoms with Crippen molar-refractivity contribution in [2.75, 3.05) is 31.6 Å². The van der Waals surface area contributed by atoms with E-state index in [1.807, 2.05) is 60.6 Å². The molecule has 0 aliphatic carbocycles. The summed E-state index contributed by atoms with van der Waals surface area (Å²) in [5, 5.41) is 0. The predicted molar refractivity (Wildman–Crippen MR) is 106 cm³/mol. The molecule has 1 aromatic rings. The largest absolute Gasteiger partial charge is 0.465 e. The Morgan fingerprint density at radius 3 is 2.07 bits per heavy atom. The minimum absolute atomic E-state index is 0.277. The van der Waals surface area contributed by atoms with Crippen LogP contribution in [-0.2, 0) is 9.47 Å². The van der Waals surface area contributed by atoms with Crippen LogP contribution in [0.5, 0.6) is 0 Å². The molecule has 1 heterocycles. The quantitative estimate of drug-likeness (QED) is 0.732. The van der Waals surface area contributed by atoms with Gasteiger partial charge in [0.05, 0.1) is 18.2 Å². The maximum atomic E-state index is 12.6. The fourth-order valence-electron chi connectivity index (χ4n) is 3.58. The Morgan fingerprint density at radius 2 is 1.63 bits per heavy atom. The van der Waals surface area contributed by atoms with Gasteiger partial charge in [-0.15, -0.1) is 0 Å². The Morgan fingerprint density at radius 1 is 1.07 bits per heavy atom. The van der Waals surface area contributed by atoms with E-state index in [1.165, 1.54) is 7.11 Å². The smallest absolute Gasteiger partial charge is 0.410 e. The molecule has 1 amide bonds. The minimum Gasteiger partial charge on any atom is -0.465 e. The number of nitrogens with zero attached hydrogens (tertiary/aromatic N) is 2. The van der Waals surface area contributed by atoms with Crippen LogP contribution in [0.25, 0.3) is 0 Å². The van der Waals surface area contributed by atoms with Crippen LogP contribution in [0.1, 0.15) is 56.1 Å². The van der Waals surface area contributed by atoms with Crippen molar-refractivity contribution >= 4 is 17.7 Å². The molecule has 0 radical (unpaired) electrons. The number of rotatable bonds is 2. The number of hydrogen-bond acceptors (Lipinski definition) is 5. The van der Waals surface area contributed by atoms with Gasteiger partial charge in [0.2, 0.25) is 0 Å². The van der Waals surface area contributed by atoms with Gasteiger partial charge in [-0.1, -0.05) is 0 Å². The third-order valence-electron chi connectivity index (χ3n) is 4.79. The van der Waals surface area contributed by atoms with Crippen LogP contribution in [0, 0.1) is 13.8 Å². The first-order valence-electron chi connectivity index (χ1n) is 9.31. The second-order valence-electron chi connectivity index (χ2n) is 8.81. The molecule has 0 N–H and O–H groups in total. The van der Waals surface area contributed by atoms with Crippen molar-refractivity contribution in [1.82, 2.24) is 4.90 Å². The second kappa shape index (κ2) is 7.41. The van der Waals surface area contributed by atoms with Gasteiger partial charge in [-0.3, -0.25) is 4.90 Å². The van der Waals surface area contributed by atoms with Crippen LogP contribution in [-0.4, -0.2) is 54.8 Å². The van der Waals surface area contributed by atoms with Crippen molar-refractivity contribution in [3.8, 4) is 0 Å². The maximum absolute atomic E-state index is 12.6. The van der Waals surface area contributed by atoms with Crippen LogP contribution in [0.2, 0.25) is 0 Å². The summed E-state index contributed by atoms with van der Waals surface area (Å²) in [7, 11) is 1.40.